The summed E-state index contributed by atoms with van der Waals surface area (Å²) in [5, 5.41) is 3.03. The smallest absolute Gasteiger partial charge is 0.496 e. The van der Waals surface area contributed by atoms with Gasteiger partial charge in [-0.25, -0.2) is 0 Å². The molecule has 3 nitrogen and oxygen atoms in total. The summed E-state index contributed by atoms with van der Waals surface area (Å²) < 4.78 is 45.6. The fraction of sp³-hybridized carbons (Fsp3) is 0.200. The summed E-state index contributed by atoms with van der Waals surface area (Å²) in [4.78, 5) is 0. The van der Waals surface area contributed by atoms with Crippen LogP contribution in [0.15, 0.2) is 48.5 Å². The lowest BCUT2D eigenvalue weighted by atomic mass is 10.2. The number of nitrogens with one attached hydrogen (secondary N) is 1. The average molecular weight is 297 g/mol. The second-order valence-corrected chi connectivity index (χ2v) is 4.24. The number of halogens is 3. The number of hydrogen-bond donors (Lipinski definition) is 1. The number of benzene rings is 2. The molecule has 2 aromatic rings. The van der Waals surface area contributed by atoms with E-state index in [-0.39, 0.29) is 5.75 Å². The summed E-state index contributed by atoms with van der Waals surface area (Å²) in [6.45, 7) is 0.430. The number of ether oxygens (including phenoxy) is 2. The Labute approximate surface area is 120 Å². The zero-order valence-electron chi connectivity index (χ0n) is 11.3. The third-order valence-electron chi connectivity index (χ3n) is 2.74. The van der Waals surface area contributed by atoms with Gasteiger partial charge in [0.25, 0.3) is 0 Å². The molecule has 0 aliphatic rings. The molecule has 2 rings (SSSR count). The predicted molar refractivity (Wildman–Crippen MR) is 73.4 cm³/mol. The van der Waals surface area contributed by atoms with Crippen molar-refractivity contribution < 1.29 is 22.6 Å². The van der Waals surface area contributed by atoms with Gasteiger partial charge < -0.3 is 14.8 Å². The fourth-order valence-electron chi connectivity index (χ4n) is 1.85. The zero-order valence-corrected chi connectivity index (χ0v) is 11.3. The molecule has 0 aliphatic carbocycles. The number of hydrogen-bond acceptors (Lipinski definition) is 3. The van der Waals surface area contributed by atoms with Crippen molar-refractivity contribution in [3.05, 3.63) is 54.1 Å². The Hall–Kier alpha value is -2.37. The minimum atomic E-state index is -4.69. The SMILES string of the molecule is COc1ccccc1CNc1cccc(OC(F)(F)F)c1. The highest BCUT2D eigenvalue weighted by atomic mass is 19.4. The average Bonchev–Trinajstić information content (AvgIpc) is 2.44. The van der Waals surface area contributed by atoms with Crippen molar-refractivity contribution in [1.29, 1.82) is 0 Å². The lowest BCUT2D eigenvalue weighted by molar-refractivity contribution is -0.274. The largest absolute Gasteiger partial charge is 0.573 e. The van der Waals surface area contributed by atoms with Crippen LogP contribution >= 0.6 is 0 Å². The maximum Gasteiger partial charge on any atom is 0.573 e. The molecule has 0 spiro atoms. The first-order valence-corrected chi connectivity index (χ1v) is 6.19. The second-order valence-electron chi connectivity index (χ2n) is 4.24. The van der Waals surface area contributed by atoms with E-state index in [0.29, 0.717) is 18.0 Å². The number of para-hydroxylation sites is 1. The Morgan fingerprint density at radius 1 is 1.05 bits per heavy atom. The molecular weight excluding hydrogens is 283 g/mol. The van der Waals surface area contributed by atoms with Crippen molar-refractivity contribution in [3.63, 3.8) is 0 Å². The lowest BCUT2D eigenvalue weighted by Crippen LogP contribution is -2.17. The van der Waals surface area contributed by atoms with E-state index in [1.54, 1.807) is 13.2 Å². The summed E-state index contributed by atoms with van der Waals surface area (Å²) in [6, 6.07) is 13.1. The van der Waals surface area contributed by atoms with Crippen LogP contribution in [0.4, 0.5) is 18.9 Å². The van der Waals surface area contributed by atoms with Crippen LogP contribution in [0.3, 0.4) is 0 Å². The van der Waals surface area contributed by atoms with Crippen LogP contribution in [-0.2, 0) is 6.54 Å². The molecule has 1 N–H and O–H groups in total. The maximum atomic E-state index is 12.2. The molecule has 0 amide bonds. The van der Waals surface area contributed by atoms with Gasteiger partial charge in [0.15, 0.2) is 0 Å². The van der Waals surface area contributed by atoms with Crippen LogP contribution in [-0.4, -0.2) is 13.5 Å². The Kier molecular flexibility index (Phi) is 4.57. The minimum absolute atomic E-state index is 0.257. The topological polar surface area (TPSA) is 30.5 Å². The first kappa shape index (κ1) is 15.0. The molecule has 0 unspecified atom stereocenters. The summed E-state index contributed by atoms with van der Waals surface area (Å²) in [6.07, 6.45) is -4.69. The maximum absolute atomic E-state index is 12.2. The first-order valence-electron chi connectivity index (χ1n) is 6.19. The quantitative estimate of drug-likeness (QED) is 0.897. The van der Waals surface area contributed by atoms with Crippen molar-refractivity contribution in [2.24, 2.45) is 0 Å². The van der Waals surface area contributed by atoms with E-state index in [0.717, 1.165) is 5.56 Å². The number of methoxy groups -OCH3 is 1. The van der Waals surface area contributed by atoms with Crippen molar-refractivity contribution >= 4 is 5.69 Å². The van der Waals surface area contributed by atoms with Crippen molar-refractivity contribution in [2.75, 3.05) is 12.4 Å². The van der Waals surface area contributed by atoms with E-state index in [9.17, 15) is 13.2 Å². The number of rotatable bonds is 5. The van der Waals surface area contributed by atoms with Crippen LogP contribution in [0.1, 0.15) is 5.56 Å². The molecule has 21 heavy (non-hydrogen) atoms. The molecule has 112 valence electrons. The summed E-state index contributed by atoms with van der Waals surface area (Å²) in [7, 11) is 1.57. The normalized spacial score (nSPS) is 11.0. The molecule has 0 saturated carbocycles. The predicted octanol–water partition coefficient (Wildman–Crippen LogP) is 4.21. The van der Waals surface area contributed by atoms with E-state index in [2.05, 4.69) is 10.1 Å². The molecule has 0 aliphatic heterocycles. The van der Waals surface area contributed by atoms with Gasteiger partial charge in [0, 0.05) is 23.9 Å². The van der Waals surface area contributed by atoms with Gasteiger partial charge in [0.1, 0.15) is 11.5 Å². The minimum Gasteiger partial charge on any atom is -0.496 e. The lowest BCUT2D eigenvalue weighted by Gasteiger charge is -2.12. The van der Waals surface area contributed by atoms with Crippen LogP contribution in [0.2, 0.25) is 0 Å². The first-order chi connectivity index (χ1) is 9.98. The van der Waals surface area contributed by atoms with Gasteiger partial charge in [-0.3, -0.25) is 0 Å². The standard InChI is InChI=1S/C15H14F3NO2/c1-20-14-8-3-2-5-11(14)10-19-12-6-4-7-13(9-12)21-15(16,17)18/h2-9,19H,10H2,1H3. The zero-order chi connectivity index (χ0) is 15.3. The number of anilines is 1. The van der Waals surface area contributed by atoms with E-state index in [1.165, 1.54) is 18.2 Å². The molecule has 0 heterocycles. The van der Waals surface area contributed by atoms with Crippen LogP contribution in [0, 0.1) is 0 Å². The Morgan fingerprint density at radius 2 is 1.81 bits per heavy atom. The second kappa shape index (κ2) is 6.39. The number of alkyl halides is 3. The highest BCUT2D eigenvalue weighted by Gasteiger charge is 2.31. The Bertz CT molecular complexity index is 599. The van der Waals surface area contributed by atoms with Gasteiger partial charge >= 0.3 is 6.36 Å². The Balaban J connectivity index is 2.05. The van der Waals surface area contributed by atoms with Crippen LogP contribution in [0.5, 0.6) is 11.5 Å². The van der Waals surface area contributed by atoms with Gasteiger partial charge in [0.2, 0.25) is 0 Å². The molecule has 0 bridgehead atoms. The molecule has 0 fully saturated rings. The van der Waals surface area contributed by atoms with E-state index in [4.69, 9.17) is 4.74 Å². The molecular formula is C15H14F3NO2. The van der Waals surface area contributed by atoms with Gasteiger partial charge in [-0.05, 0) is 18.2 Å². The van der Waals surface area contributed by atoms with Crippen molar-refractivity contribution in [3.8, 4) is 11.5 Å². The summed E-state index contributed by atoms with van der Waals surface area (Å²) in [5.74, 6) is 0.459. The molecule has 0 aromatic heterocycles. The molecule has 6 heteroatoms. The third-order valence-corrected chi connectivity index (χ3v) is 2.74. The van der Waals surface area contributed by atoms with Crippen LogP contribution < -0.4 is 14.8 Å². The summed E-state index contributed by atoms with van der Waals surface area (Å²) >= 11 is 0. The van der Waals surface area contributed by atoms with E-state index >= 15 is 0 Å². The monoisotopic (exact) mass is 297 g/mol. The van der Waals surface area contributed by atoms with Crippen LogP contribution in [0.25, 0.3) is 0 Å². The van der Waals surface area contributed by atoms with Crippen molar-refractivity contribution in [2.45, 2.75) is 12.9 Å². The van der Waals surface area contributed by atoms with E-state index in [1.807, 2.05) is 24.3 Å². The van der Waals surface area contributed by atoms with Gasteiger partial charge in [-0.2, -0.15) is 0 Å². The van der Waals surface area contributed by atoms with Crippen molar-refractivity contribution in [1.82, 2.24) is 0 Å². The molecule has 0 radical (unpaired) electrons. The van der Waals surface area contributed by atoms with Gasteiger partial charge in [-0.1, -0.05) is 24.3 Å². The molecule has 0 atom stereocenters. The molecule has 2 aromatic carbocycles. The van der Waals surface area contributed by atoms with Gasteiger partial charge in [-0.15, -0.1) is 13.2 Å². The third kappa shape index (κ3) is 4.59. The Morgan fingerprint density at radius 3 is 2.52 bits per heavy atom. The molecule has 0 saturated heterocycles. The highest BCUT2D eigenvalue weighted by molar-refractivity contribution is 5.49. The fourth-order valence-corrected chi connectivity index (χ4v) is 1.85. The van der Waals surface area contributed by atoms with E-state index < -0.39 is 6.36 Å². The summed E-state index contributed by atoms with van der Waals surface area (Å²) in [5.41, 5.74) is 1.43. The van der Waals surface area contributed by atoms with Gasteiger partial charge in [0.05, 0.1) is 7.11 Å². The highest BCUT2D eigenvalue weighted by Crippen LogP contribution is 2.26.